The zero-order chi connectivity index (χ0) is 3.58. The number of primary amides is 1. The second-order valence-corrected chi connectivity index (χ2v) is 1.04. The number of carbonyl (C=O) groups excluding carboxylic acids is 1. The van der Waals surface area contributed by atoms with Crippen molar-refractivity contribution in [3.05, 3.63) is 0 Å². The fourth-order valence-corrected chi connectivity index (χ4v) is 0. The van der Waals surface area contributed by atoms with E-state index >= 15 is 0 Å². The van der Waals surface area contributed by atoms with Crippen LogP contribution in [0.25, 0.3) is 0 Å². The second kappa shape index (κ2) is 1.45. The van der Waals surface area contributed by atoms with Crippen LogP contribution in [-0.2, 0) is 19.2 Å². The Morgan fingerprint density at radius 2 is 2.00 bits per heavy atom. The molecule has 0 heterocycles. The van der Waals surface area contributed by atoms with Gasteiger partial charge in [-0.05, 0) is 0 Å². The molecule has 0 atom stereocenters. The molecule has 0 saturated heterocycles. The van der Waals surface area contributed by atoms with E-state index in [-0.39, 0.29) is 0 Å². The summed E-state index contributed by atoms with van der Waals surface area (Å²) in [7, 11) is 0. The number of rotatable bonds is 0. The predicted molar refractivity (Wildman–Crippen MR) is 9.58 cm³/mol. The van der Waals surface area contributed by atoms with E-state index in [0.29, 0.717) is 0 Å². The van der Waals surface area contributed by atoms with Gasteiger partial charge in [0.1, 0.15) is 0 Å². The van der Waals surface area contributed by atoms with E-state index in [9.17, 15) is 0 Å². The molecule has 27 valence electrons. The first-order valence-electron chi connectivity index (χ1n) is 0.651. The number of carbonyl (C=O) groups is 1. The molecular formula is CH2NOPd. The Morgan fingerprint density at radius 3 is 2.00 bits per heavy atom. The van der Waals surface area contributed by atoms with Gasteiger partial charge in [-0.15, -0.1) is 0 Å². The van der Waals surface area contributed by atoms with Crippen molar-refractivity contribution in [1.82, 2.24) is 0 Å². The van der Waals surface area contributed by atoms with Gasteiger partial charge in [-0.1, -0.05) is 0 Å². The molecule has 4 heavy (non-hydrogen) atoms. The fraction of sp³-hybridized carbons (Fsp3) is 0. The van der Waals surface area contributed by atoms with Gasteiger partial charge in [-0.2, -0.15) is 0 Å². The molecule has 3 heteroatoms. The average Bonchev–Trinajstić information content (AvgIpc) is 0.811. The predicted octanol–water partition coefficient (Wildman–Crippen LogP) is -0.388. The molecule has 0 fully saturated rings. The van der Waals surface area contributed by atoms with E-state index in [1.165, 1.54) is 0 Å². The molecule has 0 unspecified atom stereocenters. The van der Waals surface area contributed by atoms with Crippen LogP contribution in [-0.4, -0.2) is 4.38 Å². The van der Waals surface area contributed by atoms with Gasteiger partial charge in [-0.25, -0.2) is 0 Å². The molecule has 0 aromatic carbocycles. The molecule has 0 bridgehead atoms. The van der Waals surface area contributed by atoms with Crippen molar-refractivity contribution in [2.24, 2.45) is 5.73 Å². The Balaban J connectivity index is 2.80. The standard InChI is InChI=1S/CH2NO.Pd/c2-1-3;/h(H2,2,3);. The Kier molecular flexibility index (Phi) is 1.50. The van der Waals surface area contributed by atoms with E-state index in [0.717, 1.165) is 0 Å². The van der Waals surface area contributed by atoms with Crippen LogP contribution in [0.3, 0.4) is 0 Å². The summed E-state index contributed by atoms with van der Waals surface area (Å²) in [5.74, 6) is 0. The van der Waals surface area contributed by atoms with E-state index in [2.05, 4.69) is 24.9 Å². The Labute approximate surface area is 34.8 Å². The zero-order valence-corrected chi connectivity index (χ0v) is 3.36. The van der Waals surface area contributed by atoms with Crippen molar-refractivity contribution in [3.8, 4) is 0 Å². The van der Waals surface area contributed by atoms with E-state index in [4.69, 9.17) is 4.79 Å². The van der Waals surface area contributed by atoms with E-state index in [1.807, 2.05) is 0 Å². The van der Waals surface area contributed by atoms with Gasteiger partial charge < -0.3 is 0 Å². The molecule has 0 saturated carbocycles. The SMILES string of the molecule is N[C](=O)[Pd]. The van der Waals surface area contributed by atoms with Crippen LogP contribution in [0.15, 0.2) is 0 Å². The van der Waals surface area contributed by atoms with Crippen molar-refractivity contribution < 1.29 is 24.0 Å². The summed E-state index contributed by atoms with van der Waals surface area (Å²) < 4.78 is -0.483. The van der Waals surface area contributed by atoms with Crippen molar-refractivity contribution in [2.75, 3.05) is 0 Å². The quantitative estimate of drug-likeness (QED) is 0.470. The summed E-state index contributed by atoms with van der Waals surface area (Å²) in [4.78, 5) is 9.16. The van der Waals surface area contributed by atoms with Gasteiger partial charge in [0.25, 0.3) is 0 Å². The van der Waals surface area contributed by atoms with Crippen molar-refractivity contribution in [3.63, 3.8) is 0 Å². The third-order valence-electron chi connectivity index (χ3n) is 0. The van der Waals surface area contributed by atoms with Gasteiger partial charge in [0, 0.05) is 0 Å². The van der Waals surface area contributed by atoms with Crippen LogP contribution >= 0.6 is 0 Å². The van der Waals surface area contributed by atoms with Crippen LogP contribution in [0, 0.1) is 0 Å². The van der Waals surface area contributed by atoms with Gasteiger partial charge in [-0.3, -0.25) is 0 Å². The summed E-state index contributed by atoms with van der Waals surface area (Å²) in [5, 5.41) is 0. The number of hydrogen-bond acceptors (Lipinski definition) is 1. The van der Waals surface area contributed by atoms with E-state index < -0.39 is 4.38 Å². The first kappa shape index (κ1) is 4.13. The van der Waals surface area contributed by atoms with Gasteiger partial charge in [0.05, 0.1) is 0 Å². The fourth-order valence-electron chi connectivity index (χ4n) is 0. The molecule has 2 N–H and O–H groups in total. The van der Waals surface area contributed by atoms with Crippen LogP contribution in [0.2, 0.25) is 0 Å². The maximum atomic E-state index is 9.16. The number of hydrogen-bond donors (Lipinski definition) is 1. The van der Waals surface area contributed by atoms with Crippen molar-refractivity contribution in [1.29, 1.82) is 0 Å². The molecule has 0 aromatic rings. The average molecular weight is 150 g/mol. The van der Waals surface area contributed by atoms with Gasteiger partial charge >= 0.3 is 34.1 Å². The molecule has 0 aliphatic rings. The molecule has 0 aliphatic heterocycles. The number of nitrogens with two attached hydrogens (primary N) is 1. The Bertz CT molecular complexity index is 31.0. The van der Waals surface area contributed by atoms with Gasteiger partial charge in [0.15, 0.2) is 0 Å². The zero-order valence-electron chi connectivity index (χ0n) is 1.80. The topological polar surface area (TPSA) is 43.1 Å². The Morgan fingerprint density at radius 1 is 2.00 bits per heavy atom. The summed E-state index contributed by atoms with van der Waals surface area (Å²) in [6.07, 6.45) is 0. The van der Waals surface area contributed by atoms with Crippen molar-refractivity contribution in [2.45, 2.75) is 0 Å². The maximum absolute atomic E-state index is 9.16. The molecular weight excluding hydrogens is 148 g/mol. The summed E-state index contributed by atoms with van der Waals surface area (Å²) in [6, 6.07) is 0. The first-order valence-corrected chi connectivity index (χ1v) is 1.43. The minimum absolute atomic E-state index is 0.483. The number of amides is 1. The third kappa shape index (κ3) is 156. The molecule has 0 aromatic heterocycles. The summed E-state index contributed by atoms with van der Waals surface area (Å²) in [6.45, 7) is 0. The monoisotopic (exact) mass is 150 g/mol. The van der Waals surface area contributed by atoms with E-state index in [1.54, 1.807) is 0 Å². The van der Waals surface area contributed by atoms with Crippen LogP contribution < -0.4 is 5.73 Å². The molecule has 1 amide bonds. The molecule has 2 nitrogen and oxygen atoms in total. The summed E-state index contributed by atoms with van der Waals surface area (Å²) >= 11 is 2.19. The first-order chi connectivity index (χ1) is 1.73. The Hall–Kier alpha value is 0.132. The molecule has 0 rings (SSSR count). The van der Waals surface area contributed by atoms with Crippen LogP contribution in [0.4, 0.5) is 4.79 Å². The molecule has 0 spiro atoms. The van der Waals surface area contributed by atoms with Crippen LogP contribution in [0.1, 0.15) is 0 Å². The molecule has 0 radical (unpaired) electrons. The second-order valence-electron chi connectivity index (χ2n) is 0.274. The van der Waals surface area contributed by atoms with Crippen molar-refractivity contribution >= 4 is 4.38 Å². The minimum atomic E-state index is -0.483. The normalized spacial score (nSPS) is 6.50. The third-order valence-corrected chi connectivity index (χ3v) is 0. The summed E-state index contributed by atoms with van der Waals surface area (Å²) in [5.41, 5.74) is 4.41. The van der Waals surface area contributed by atoms with Crippen LogP contribution in [0.5, 0.6) is 0 Å². The van der Waals surface area contributed by atoms with Gasteiger partial charge in [0.2, 0.25) is 0 Å². The molecule has 0 aliphatic carbocycles.